The maximum Gasteiger partial charge on any atom is 1.00 e. The number of aromatic amines is 2. The van der Waals surface area contributed by atoms with Crippen LogP contribution in [0.3, 0.4) is 0 Å². The third kappa shape index (κ3) is 13.9. The van der Waals surface area contributed by atoms with Gasteiger partial charge in [0.05, 0.1) is 25.3 Å². The van der Waals surface area contributed by atoms with Crippen molar-refractivity contribution in [2.45, 2.75) is 98.3 Å². The monoisotopic (exact) mass is 1430 g/mol. The predicted octanol–water partition coefficient (Wildman–Crippen LogP) is -11.1. The maximum absolute atomic E-state index is 15.7. The molecular weight excluding hydrogens is 1370 g/mol. The molecule has 6 saturated heterocycles. The van der Waals surface area contributed by atoms with E-state index in [1.807, 2.05) is 0 Å². The zero-order valence-corrected chi connectivity index (χ0v) is 56.0. The van der Waals surface area contributed by atoms with Gasteiger partial charge in [0.2, 0.25) is 27.4 Å². The van der Waals surface area contributed by atoms with E-state index < -0.39 is 167 Å². The molecule has 20 unspecified atom stereocenters. The fourth-order valence-electron chi connectivity index (χ4n) is 10.9. The molecular formula is C40H56F2N26Na2O20P4-2. The molecule has 0 saturated carbocycles. The minimum absolute atomic E-state index is 0. The van der Waals surface area contributed by atoms with Crippen molar-refractivity contribution >= 4 is 99.2 Å². The molecule has 6 aliphatic heterocycles. The standard InChI is InChI=1S/2C20H25FN12O10P2.2H3N.2Na.2H/c2*21-8-6-1-28-44(36,37)42-12-7(41-18(11(12)34)32-4-26-9-14(22)24-3-25-15(9)32)2-29-45(38,39)43-13(8)19(40-6)33-5-27-10-16(33)30-20(23)31-17(10)35;;;;;;/h2*3-8,11-13,18-19,34H,1-2H2,(H2,22,24,25)(H2,28,36,37)(H2,29,38,39)(H3,23,30,31,35);2*1H3;;;;/q;;;;2*+1;2*-1/p-2. The second-order valence-electron chi connectivity index (χ2n) is 20.6. The number of nitrogens with one attached hydrogen (secondary N) is 6. The topological polar surface area (TPSA) is 706 Å². The van der Waals surface area contributed by atoms with E-state index in [1.165, 1.54) is 21.8 Å². The Labute approximate surface area is 568 Å². The van der Waals surface area contributed by atoms with E-state index in [-0.39, 0.29) is 142 Å². The van der Waals surface area contributed by atoms with Gasteiger partial charge in [-0.1, -0.05) is 0 Å². The van der Waals surface area contributed by atoms with E-state index in [0.29, 0.717) is 0 Å². The molecule has 14 rings (SSSR count). The SMILES string of the molecule is N.N.Nc1nc2c(ncn2C2OC3CNP(=O)(O)OC4C(CNP(=O)([O-])OC2C3F)OC(n2cnc3c(N)ncnc32)C4O)c(=O)[nH]1.Nc1nc2c(ncn2C2OC3CNP(=O)(O)OC4C(CNP(=O)([O-])OC2C3F)OC(n2cnc3c(N)ncnc32)C4O)c(=O)[nH]1.[H-].[H-].[Na+].[Na+]. The Morgan fingerprint density at radius 2 is 0.819 bits per heavy atom. The Hall–Kier alpha value is -5.02. The van der Waals surface area contributed by atoms with Crippen molar-refractivity contribution < 1.29 is 156 Å². The summed E-state index contributed by atoms with van der Waals surface area (Å²) in [7, 11) is -20.1. The van der Waals surface area contributed by atoms with E-state index in [4.69, 9.17) is 60.0 Å². The van der Waals surface area contributed by atoms with Gasteiger partial charge in [-0.15, -0.1) is 0 Å². The van der Waals surface area contributed by atoms with Crippen molar-refractivity contribution in [2.24, 2.45) is 0 Å². The Bertz CT molecular complexity index is 4190. The summed E-state index contributed by atoms with van der Waals surface area (Å²) >= 11 is 0. The van der Waals surface area contributed by atoms with Crippen LogP contribution in [0.2, 0.25) is 0 Å². The number of H-pyrrole nitrogens is 2. The molecule has 8 aromatic heterocycles. The second kappa shape index (κ2) is 27.7. The molecule has 8 aromatic rings. The van der Waals surface area contributed by atoms with Gasteiger partial charge >= 0.3 is 74.6 Å². The number of anilines is 4. The van der Waals surface area contributed by atoms with Crippen molar-refractivity contribution in [1.82, 2.24) is 111 Å². The van der Waals surface area contributed by atoms with Crippen molar-refractivity contribution in [1.29, 1.82) is 0 Å². The average Bonchev–Trinajstić information content (AvgIpc) is 1.62. The summed E-state index contributed by atoms with van der Waals surface area (Å²) in [6.45, 7) is -2.71. The van der Waals surface area contributed by atoms with Crippen LogP contribution in [-0.4, -0.2) is 198 Å². The van der Waals surface area contributed by atoms with Crippen molar-refractivity contribution in [3.8, 4) is 0 Å². The Kier molecular flexibility index (Phi) is 21.6. The number of aromatic nitrogens is 16. The van der Waals surface area contributed by atoms with Gasteiger partial charge in [0.25, 0.3) is 11.1 Å². The summed E-state index contributed by atoms with van der Waals surface area (Å²) in [5.41, 5.74) is 21.4. The fourth-order valence-corrected chi connectivity index (χ4v) is 15.1. The van der Waals surface area contributed by atoms with Gasteiger partial charge in [-0.2, -0.15) is 9.97 Å². The van der Waals surface area contributed by atoms with Crippen molar-refractivity contribution in [3.63, 3.8) is 0 Å². The number of aliphatic hydroxyl groups excluding tert-OH is 2. The molecule has 54 heteroatoms. The minimum atomic E-state index is -5.17. The summed E-state index contributed by atoms with van der Waals surface area (Å²) in [5.74, 6) is -0.530. The molecule has 24 N–H and O–H groups in total. The molecule has 0 aliphatic carbocycles. The van der Waals surface area contributed by atoms with Gasteiger partial charge in [-0.05, 0) is 0 Å². The van der Waals surface area contributed by atoms with Crippen LogP contribution in [0.5, 0.6) is 0 Å². The zero-order valence-electron chi connectivity index (χ0n) is 50.4. The summed E-state index contributed by atoms with van der Waals surface area (Å²) in [6.07, 6.45) is -19.7. The smallest absolute Gasteiger partial charge is 1.00 e. The first kappa shape index (κ1) is 73.2. The molecule has 0 aromatic carbocycles. The molecule has 14 heterocycles. The van der Waals surface area contributed by atoms with Crippen LogP contribution >= 0.6 is 31.0 Å². The van der Waals surface area contributed by atoms with E-state index in [2.05, 4.69) is 80.2 Å². The first-order valence-corrected chi connectivity index (χ1v) is 32.5. The molecule has 20 atom stereocenters. The Morgan fingerprint density at radius 1 is 0.489 bits per heavy atom. The third-order valence-corrected chi connectivity index (χ3v) is 19.3. The van der Waals surface area contributed by atoms with Crippen LogP contribution in [0, 0.1) is 0 Å². The van der Waals surface area contributed by atoms with Gasteiger partial charge in [-0.25, -0.2) is 68.0 Å². The van der Waals surface area contributed by atoms with Crippen LogP contribution in [0.1, 0.15) is 27.8 Å². The number of hydrogen-bond donors (Lipinski definition) is 16. The molecule has 504 valence electrons. The first-order chi connectivity index (χ1) is 42.6. The molecule has 6 fully saturated rings. The summed E-state index contributed by atoms with van der Waals surface area (Å²) < 4.78 is 133. The fraction of sp³-hybridized carbons (Fsp3) is 0.500. The van der Waals surface area contributed by atoms with Crippen LogP contribution in [0.4, 0.5) is 32.3 Å². The van der Waals surface area contributed by atoms with Crippen LogP contribution < -0.4 is 136 Å². The Balaban J connectivity index is 0.000000255. The summed E-state index contributed by atoms with van der Waals surface area (Å²) in [4.78, 5) is 117. The molecule has 0 radical (unpaired) electrons. The number of ether oxygens (including phenoxy) is 4. The van der Waals surface area contributed by atoms with Gasteiger partial charge in [-0.3, -0.25) is 66.2 Å². The van der Waals surface area contributed by atoms with Gasteiger partial charge in [0.15, 0.2) is 82.5 Å². The largest absolute Gasteiger partial charge is 1.00 e. The zero-order chi connectivity index (χ0) is 63.7. The second-order valence-corrected chi connectivity index (χ2v) is 26.8. The number of nitrogens with two attached hydrogens (primary N) is 4. The molecule has 0 spiro atoms. The van der Waals surface area contributed by atoms with E-state index >= 15 is 8.78 Å². The van der Waals surface area contributed by atoms with Crippen molar-refractivity contribution in [2.75, 3.05) is 49.1 Å². The number of rotatable bonds is 4. The number of alkyl halides is 2. The van der Waals surface area contributed by atoms with Crippen LogP contribution in [-0.2, 0) is 55.3 Å². The molecule has 94 heavy (non-hydrogen) atoms. The molecule has 6 aliphatic rings. The number of imidazole rings is 4. The van der Waals surface area contributed by atoms with Gasteiger partial charge < -0.3 is 95.9 Å². The number of nitrogen functional groups attached to an aromatic ring is 4. The summed E-state index contributed by atoms with van der Waals surface area (Å²) in [6, 6.07) is 0. The summed E-state index contributed by atoms with van der Waals surface area (Å²) in [5, 5.41) is 30.9. The number of aliphatic hydroxyl groups is 2. The van der Waals surface area contributed by atoms with E-state index in [1.54, 1.807) is 0 Å². The molecule has 46 nitrogen and oxygen atoms in total. The van der Waals surface area contributed by atoms with Gasteiger partial charge in [0.1, 0.15) is 84.7 Å². The number of fused-ring (bicyclic) bond motifs is 10. The number of halogens is 2. The van der Waals surface area contributed by atoms with Crippen LogP contribution in [0.25, 0.3) is 44.7 Å². The minimum Gasteiger partial charge on any atom is -1.00 e. The van der Waals surface area contributed by atoms with Crippen LogP contribution in [0.15, 0.2) is 47.6 Å². The maximum atomic E-state index is 15.7. The van der Waals surface area contributed by atoms with E-state index in [9.17, 15) is 57.6 Å². The van der Waals surface area contributed by atoms with Gasteiger partial charge in [0, 0.05) is 26.2 Å². The van der Waals surface area contributed by atoms with E-state index in [0.717, 1.165) is 34.4 Å². The normalized spacial score (nSPS) is 36.1. The quantitative estimate of drug-likeness (QED) is 0.0575. The number of hydrogen-bond acceptors (Lipinski definition) is 34. The number of nitrogens with zero attached hydrogens (tertiary/aromatic N) is 14. The molecule has 4 bridgehead atoms. The predicted molar refractivity (Wildman–Crippen MR) is 301 cm³/mol. The Morgan fingerprint density at radius 3 is 1.19 bits per heavy atom. The average molecular weight is 1430 g/mol. The third-order valence-electron chi connectivity index (χ3n) is 14.9. The molecule has 0 amide bonds. The van der Waals surface area contributed by atoms with Crippen molar-refractivity contribution in [3.05, 3.63) is 58.7 Å². The first-order valence-electron chi connectivity index (χ1n) is 26.2.